The standard InChI is InChI=1S/C14H20N2S2/c17-14-10-6-2-1-3-7-11(10)15-13(16-14)12-8-4-5-9-18-12/h12H,1-9H2,(H,15,16,17). The number of nitrogens with one attached hydrogen (secondary N) is 1. The van der Waals surface area contributed by atoms with Gasteiger partial charge in [-0.25, -0.2) is 4.98 Å². The van der Waals surface area contributed by atoms with Crippen LogP contribution in [-0.2, 0) is 12.8 Å². The van der Waals surface area contributed by atoms with Crippen LogP contribution in [0.1, 0.15) is 60.9 Å². The predicted octanol–water partition coefficient (Wildman–Crippen LogP) is 4.37. The zero-order valence-corrected chi connectivity index (χ0v) is 12.3. The molecule has 4 heteroatoms. The maximum Gasteiger partial charge on any atom is 0.133 e. The Kier molecular flexibility index (Phi) is 4.04. The van der Waals surface area contributed by atoms with Gasteiger partial charge in [-0.2, -0.15) is 11.8 Å². The van der Waals surface area contributed by atoms with E-state index in [0.29, 0.717) is 5.25 Å². The fraction of sp³-hybridized carbons (Fsp3) is 0.714. The summed E-state index contributed by atoms with van der Waals surface area (Å²) in [7, 11) is 0. The number of thioether (sulfide) groups is 1. The molecular formula is C14H20N2S2. The van der Waals surface area contributed by atoms with Crippen LogP contribution < -0.4 is 0 Å². The number of nitrogens with zero attached hydrogens (tertiary/aromatic N) is 1. The summed E-state index contributed by atoms with van der Waals surface area (Å²) < 4.78 is 0.867. The van der Waals surface area contributed by atoms with E-state index in [2.05, 4.69) is 4.98 Å². The summed E-state index contributed by atoms with van der Waals surface area (Å²) in [4.78, 5) is 8.31. The van der Waals surface area contributed by atoms with E-state index in [1.807, 2.05) is 11.8 Å². The van der Waals surface area contributed by atoms with Gasteiger partial charge in [0, 0.05) is 11.3 Å². The fourth-order valence-corrected chi connectivity index (χ4v) is 4.51. The number of aromatic amines is 1. The van der Waals surface area contributed by atoms with E-state index in [9.17, 15) is 0 Å². The quantitative estimate of drug-likeness (QED) is 0.612. The lowest BCUT2D eigenvalue weighted by molar-refractivity contribution is 0.654. The number of aromatic nitrogens is 2. The molecule has 3 rings (SSSR count). The Bertz CT molecular complexity index is 475. The number of aryl methyl sites for hydroxylation is 1. The van der Waals surface area contributed by atoms with Crippen molar-refractivity contribution in [1.29, 1.82) is 0 Å². The highest BCUT2D eigenvalue weighted by Gasteiger charge is 2.20. The molecule has 2 heterocycles. The van der Waals surface area contributed by atoms with Gasteiger partial charge < -0.3 is 4.98 Å². The number of H-pyrrole nitrogens is 1. The molecular weight excluding hydrogens is 260 g/mol. The van der Waals surface area contributed by atoms with Crippen LogP contribution in [0.3, 0.4) is 0 Å². The Labute approximate surface area is 118 Å². The molecule has 1 fully saturated rings. The summed E-state index contributed by atoms with van der Waals surface area (Å²) in [5, 5.41) is 0.550. The van der Waals surface area contributed by atoms with Gasteiger partial charge in [0.1, 0.15) is 10.5 Å². The van der Waals surface area contributed by atoms with Gasteiger partial charge in [-0.05, 0) is 44.3 Å². The van der Waals surface area contributed by atoms with Crippen LogP contribution in [0.2, 0.25) is 0 Å². The van der Waals surface area contributed by atoms with E-state index in [1.165, 1.54) is 55.5 Å². The van der Waals surface area contributed by atoms with Gasteiger partial charge in [0.25, 0.3) is 0 Å². The van der Waals surface area contributed by atoms with Gasteiger partial charge in [-0.3, -0.25) is 0 Å². The zero-order valence-electron chi connectivity index (χ0n) is 10.7. The summed E-state index contributed by atoms with van der Waals surface area (Å²) in [5.41, 5.74) is 2.71. The summed E-state index contributed by atoms with van der Waals surface area (Å²) >= 11 is 7.56. The second-order valence-corrected chi connectivity index (χ2v) is 7.00. The lowest BCUT2D eigenvalue weighted by Gasteiger charge is -2.21. The van der Waals surface area contributed by atoms with Crippen molar-refractivity contribution >= 4 is 24.0 Å². The van der Waals surface area contributed by atoms with Crippen LogP contribution in [0.15, 0.2) is 0 Å². The largest absolute Gasteiger partial charge is 0.346 e. The molecule has 1 aromatic rings. The Morgan fingerprint density at radius 1 is 1.11 bits per heavy atom. The molecule has 0 aromatic carbocycles. The highest BCUT2D eigenvalue weighted by molar-refractivity contribution is 7.99. The highest BCUT2D eigenvalue weighted by Crippen LogP contribution is 2.37. The van der Waals surface area contributed by atoms with Crippen LogP contribution in [0.4, 0.5) is 0 Å². The molecule has 1 aliphatic carbocycles. The topological polar surface area (TPSA) is 28.7 Å². The maximum absolute atomic E-state index is 5.52. The summed E-state index contributed by atoms with van der Waals surface area (Å²) in [6.45, 7) is 0. The molecule has 18 heavy (non-hydrogen) atoms. The number of rotatable bonds is 1. The first kappa shape index (κ1) is 12.7. The molecule has 0 bridgehead atoms. The third-order valence-corrected chi connectivity index (χ3v) is 5.69. The molecule has 0 saturated carbocycles. The van der Waals surface area contributed by atoms with Gasteiger partial charge in [-0.1, -0.05) is 25.1 Å². The van der Waals surface area contributed by atoms with E-state index in [0.717, 1.165) is 23.3 Å². The zero-order chi connectivity index (χ0) is 12.4. The normalized spacial score (nSPS) is 24.3. The molecule has 1 saturated heterocycles. The van der Waals surface area contributed by atoms with E-state index in [1.54, 1.807) is 0 Å². The molecule has 1 atom stereocenters. The molecule has 2 aliphatic rings. The summed E-state index contributed by atoms with van der Waals surface area (Å²) in [6, 6.07) is 0. The van der Waals surface area contributed by atoms with Crippen molar-refractivity contribution in [3.8, 4) is 0 Å². The average Bonchev–Trinajstić information content (AvgIpc) is 2.65. The number of hydrogen-bond donors (Lipinski definition) is 1. The van der Waals surface area contributed by atoms with Gasteiger partial charge in [0.15, 0.2) is 0 Å². The van der Waals surface area contributed by atoms with Gasteiger partial charge >= 0.3 is 0 Å². The van der Waals surface area contributed by atoms with E-state index in [-0.39, 0.29) is 0 Å². The summed E-state index contributed by atoms with van der Waals surface area (Å²) in [6.07, 6.45) is 10.1. The second kappa shape index (κ2) is 5.74. The molecule has 0 amide bonds. The van der Waals surface area contributed by atoms with Crippen LogP contribution in [0.25, 0.3) is 0 Å². The highest BCUT2D eigenvalue weighted by atomic mass is 32.2. The minimum Gasteiger partial charge on any atom is -0.346 e. The Morgan fingerprint density at radius 3 is 2.83 bits per heavy atom. The first-order valence-electron chi connectivity index (χ1n) is 7.08. The average molecular weight is 280 g/mol. The van der Waals surface area contributed by atoms with Crippen LogP contribution >= 0.6 is 24.0 Å². The predicted molar refractivity (Wildman–Crippen MR) is 79.7 cm³/mol. The monoisotopic (exact) mass is 280 g/mol. The van der Waals surface area contributed by atoms with E-state index < -0.39 is 0 Å². The Hall–Kier alpha value is -0.350. The summed E-state index contributed by atoms with van der Waals surface area (Å²) in [5.74, 6) is 2.41. The first-order valence-corrected chi connectivity index (χ1v) is 8.54. The van der Waals surface area contributed by atoms with Crippen molar-refractivity contribution in [2.24, 2.45) is 0 Å². The van der Waals surface area contributed by atoms with Crippen molar-refractivity contribution in [2.75, 3.05) is 5.75 Å². The third kappa shape index (κ3) is 2.64. The first-order chi connectivity index (χ1) is 8.84. The molecule has 0 spiro atoms. The second-order valence-electron chi connectivity index (χ2n) is 5.30. The minimum absolute atomic E-state index is 0.550. The number of hydrogen-bond acceptors (Lipinski definition) is 3. The Morgan fingerprint density at radius 2 is 2.00 bits per heavy atom. The molecule has 1 unspecified atom stereocenters. The molecule has 98 valence electrons. The lowest BCUT2D eigenvalue weighted by atomic mass is 10.1. The molecule has 2 nitrogen and oxygen atoms in total. The van der Waals surface area contributed by atoms with E-state index >= 15 is 0 Å². The van der Waals surface area contributed by atoms with Crippen molar-refractivity contribution < 1.29 is 0 Å². The molecule has 1 aliphatic heterocycles. The third-order valence-electron chi connectivity index (χ3n) is 3.96. The van der Waals surface area contributed by atoms with Gasteiger partial charge in [0.05, 0.1) is 5.25 Å². The van der Waals surface area contributed by atoms with Gasteiger partial charge in [0.2, 0.25) is 0 Å². The van der Waals surface area contributed by atoms with Crippen molar-refractivity contribution in [2.45, 2.75) is 56.6 Å². The van der Waals surface area contributed by atoms with Crippen LogP contribution in [0, 0.1) is 4.64 Å². The van der Waals surface area contributed by atoms with Crippen LogP contribution in [0.5, 0.6) is 0 Å². The molecule has 1 N–H and O–H groups in total. The van der Waals surface area contributed by atoms with Gasteiger partial charge in [-0.15, -0.1) is 0 Å². The molecule has 1 aromatic heterocycles. The number of fused-ring (bicyclic) bond motifs is 1. The van der Waals surface area contributed by atoms with Crippen LogP contribution in [-0.4, -0.2) is 15.7 Å². The van der Waals surface area contributed by atoms with Crippen molar-refractivity contribution in [3.05, 3.63) is 21.7 Å². The van der Waals surface area contributed by atoms with Crippen molar-refractivity contribution in [1.82, 2.24) is 9.97 Å². The maximum atomic E-state index is 5.52. The molecule has 0 radical (unpaired) electrons. The smallest absolute Gasteiger partial charge is 0.133 e. The minimum atomic E-state index is 0.550. The van der Waals surface area contributed by atoms with E-state index in [4.69, 9.17) is 17.2 Å². The Balaban J connectivity index is 1.94. The fourth-order valence-electron chi connectivity index (χ4n) is 2.92. The SMILES string of the molecule is S=c1nc(C2CCCCS2)[nH]c2c1CCCCC2. The van der Waals surface area contributed by atoms with Crippen molar-refractivity contribution in [3.63, 3.8) is 0 Å². The lowest BCUT2D eigenvalue weighted by Crippen LogP contribution is -2.10.